The summed E-state index contributed by atoms with van der Waals surface area (Å²) in [5.74, 6) is 0.354. The van der Waals surface area contributed by atoms with Gasteiger partial charge >= 0.3 is 0 Å². The Kier molecular flexibility index (Phi) is 5.54. The lowest BCUT2D eigenvalue weighted by Gasteiger charge is -1.98. The van der Waals surface area contributed by atoms with Gasteiger partial charge in [0.25, 0.3) is 0 Å². The van der Waals surface area contributed by atoms with Crippen LogP contribution in [-0.2, 0) is 0 Å². The molecule has 0 bridgehead atoms. The molecular weight excluding hydrogens is 430 g/mol. The Morgan fingerprint density at radius 2 is 1.88 bits per heavy atom. The van der Waals surface area contributed by atoms with Gasteiger partial charge in [-0.3, -0.25) is 5.10 Å². The van der Waals surface area contributed by atoms with Crippen LogP contribution in [0.1, 0.15) is 5.69 Å². The summed E-state index contributed by atoms with van der Waals surface area (Å²) in [7, 11) is 0. The molecule has 0 aliphatic heterocycles. The van der Waals surface area contributed by atoms with Crippen molar-refractivity contribution in [1.29, 1.82) is 5.26 Å². The Labute approximate surface area is 117 Å². The molecule has 1 heterocycles. The van der Waals surface area contributed by atoms with Gasteiger partial charge in [-0.05, 0) is 5.56 Å². The summed E-state index contributed by atoms with van der Waals surface area (Å²) in [6.07, 6.45) is 0. The predicted octanol–water partition coefficient (Wildman–Crippen LogP) is 3.30. The number of nitrogens with zero attached hydrogens (tertiary/aromatic N) is 2. The van der Waals surface area contributed by atoms with Crippen LogP contribution in [0.2, 0.25) is 0 Å². The fraction of sp³-hybridized carbons (Fsp3) is 0. The van der Waals surface area contributed by atoms with Gasteiger partial charge in [0.2, 0.25) is 0 Å². The molecule has 0 atom stereocenters. The van der Waals surface area contributed by atoms with Crippen LogP contribution in [0.5, 0.6) is 0 Å². The molecule has 4 nitrogen and oxygen atoms in total. The first-order valence-electron chi connectivity index (χ1n) is 4.26. The van der Waals surface area contributed by atoms with Crippen molar-refractivity contribution < 1.29 is 0 Å². The van der Waals surface area contributed by atoms with Crippen LogP contribution >= 0.6 is 37.2 Å². The van der Waals surface area contributed by atoms with Gasteiger partial charge in [-0.25, -0.2) is 0 Å². The maximum Gasteiger partial charge on any atom is 0.154 e. The van der Waals surface area contributed by atoms with Crippen LogP contribution < -0.4 is 5.73 Å². The number of aromatic nitrogens is 2. The molecule has 2 aromatic rings. The number of benzene rings is 1. The number of nitrogens with two attached hydrogens (primary N) is 1. The van der Waals surface area contributed by atoms with Crippen LogP contribution in [0.25, 0.3) is 11.1 Å². The first-order chi connectivity index (χ1) is 7.83. The normalized spacial score (nSPS) is 8.81. The van der Waals surface area contributed by atoms with E-state index in [0.717, 1.165) is 5.56 Å². The molecule has 6 heteroatoms. The van der Waals surface area contributed by atoms with Gasteiger partial charge in [0, 0.05) is 37.2 Å². The van der Waals surface area contributed by atoms with Crippen molar-refractivity contribution >= 4 is 43.0 Å². The van der Waals surface area contributed by atoms with Crippen LogP contribution in [0.15, 0.2) is 30.3 Å². The van der Waals surface area contributed by atoms with Gasteiger partial charge in [0.15, 0.2) is 5.82 Å². The summed E-state index contributed by atoms with van der Waals surface area (Å²) in [4.78, 5) is 0. The van der Waals surface area contributed by atoms with Gasteiger partial charge in [-0.1, -0.05) is 30.3 Å². The monoisotopic (exact) mass is 438 g/mol. The lowest BCUT2D eigenvalue weighted by molar-refractivity contribution is 1.08. The molecule has 82 valence electrons. The summed E-state index contributed by atoms with van der Waals surface area (Å²) in [6.45, 7) is 0. The largest absolute Gasteiger partial charge is 0.382 e. The van der Waals surface area contributed by atoms with E-state index in [9.17, 15) is 0 Å². The molecule has 3 N–H and O–H groups in total. The lowest BCUT2D eigenvalue weighted by Crippen LogP contribution is -1.88. The van der Waals surface area contributed by atoms with Gasteiger partial charge in [0.05, 0.1) is 5.56 Å². The first-order valence-corrected chi connectivity index (χ1v) is 10.5. The topological polar surface area (TPSA) is 78.5 Å². The molecular formula is C10H8I2N4. The van der Waals surface area contributed by atoms with E-state index >= 15 is 0 Å². The molecule has 0 saturated carbocycles. The van der Waals surface area contributed by atoms with E-state index in [2.05, 4.69) is 47.4 Å². The molecule has 0 unspecified atom stereocenters. The second-order valence-electron chi connectivity index (χ2n) is 2.84. The Morgan fingerprint density at radius 1 is 1.25 bits per heavy atom. The number of nitrogen functional groups attached to an aromatic ring is 1. The van der Waals surface area contributed by atoms with Crippen molar-refractivity contribution in [2.45, 2.75) is 0 Å². The average Bonchev–Trinajstić information content (AvgIpc) is 2.74. The number of nitrogens with one attached hydrogen (secondary N) is 1. The zero-order chi connectivity index (χ0) is 12.0. The number of nitriles is 1. The summed E-state index contributed by atoms with van der Waals surface area (Å²) >= 11 is 4.24. The third-order valence-electron chi connectivity index (χ3n) is 1.97. The Bertz CT molecular complexity index is 487. The van der Waals surface area contributed by atoms with Crippen molar-refractivity contribution in [2.24, 2.45) is 0 Å². The molecule has 1 aromatic heterocycles. The maximum absolute atomic E-state index is 8.82. The minimum absolute atomic E-state index is 0.354. The zero-order valence-corrected chi connectivity index (χ0v) is 12.4. The smallest absolute Gasteiger partial charge is 0.154 e. The highest BCUT2D eigenvalue weighted by molar-refractivity contribution is 15.0. The molecule has 16 heavy (non-hydrogen) atoms. The zero-order valence-electron chi connectivity index (χ0n) is 8.11. The number of aromatic amines is 1. The second-order valence-corrected chi connectivity index (χ2v) is 2.84. The van der Waals surface area contributed by atoms with Gasteiger partial charge in [0.1, 0.15) is 11.8 Å². The fourth-order valence-corrected chi connectivity index (χ4v) is 1.33. The minimum Gasteiger partial charge on any atom is -0.382 e. The van der Waals surface area contributed by atoms with E-state index in [1.165, 1.54) is 0 Å². The highest BCUT2D eigenvalue weighted by Crippen LogP contribution is 2.26. The molecule has 0 aliphatic carbocycles. The van der Waals surface area contributed by atoms with Crippen molar-refractivity contribution in [2.75, 3.05) is 5.73 Å². The van der Waals surface area contributed by atoms with E-state index in [1.807, 2.05) is 36.4 Å². The summed E-state index contributed by atoms with van der Waals surface area (Å²) < 4.78 is 0. The van der Waals surface area contributed by atoms with Crippen molar-refractivity contribution in [3.05, 3.63) is 36.0 Å². The van der Waals surface area contributed by atoms with Gasteiger partial charge in [-0.15, -0.1) is 0 Å². The number of H-pyrrole nitrogens is 1. The van der Waals surface area contributed by atoms with Crippen LogP contribution in [-0.4, -0.2) is 10.2 Å². The highest BCUT2D eigenvalue weighted by Gasteiger charge is 2.11. The van der Waals surface area contributed by atoms with E-state index in [1.54, 1.807) is 0 Å². The van der Waals surface area contributed by atoms with Crippen LogP contribution in [0, 0.1) is 11.3 Å². The SMILES string of the molecule is II.N#Cc1[nH]nc(N)c1-c1ccccc1. The Hall–Kier alpha value is -0.820. The molecule has 0 fully saturated rings. The van der Waals surface area contributed by atoms with Gasteiger partial charge in [-0.2, -0.15) is 10.4 Å². The third kappa shape index (κ3) is 2.85. The van der Waals surface area contributed by atoms with E-state index in [-0.39, 0.29) is 0 Å². The molecule has 0 saturated heterocycles. The van der Waals surface area contributed by atoms with E-state index < -0.39 is 0 Å². The quantitative estimate of drug-likeness (QED) is 0.672. The molecule has 0 amide bonds. The third-order valence-corrected chi connectivity index (χ3v) is 1.97. The number of halogens is 2. The van der Waals surface area contributed by atoms with Crippen LogP contribution in [0.3, 0.4) is 0 Å². The van der Waals surface area contributed by atoms with Crippen molar-refractivity contribution in [3.63, 3.8) is 0 Å². The summed E-state index contributed by atoms with van der Waals surface area (Å²) in [5.41, 5.74) is 7.63. The van der Waals surface area contributed by atoms with E-state index in [0.29, 0.717) is 17.1 Å². The fourth-order valence-electron chi connectivity index (χ4n) is 1.33. The maximum atomic E-state index is 8.82. The van der Waals surface area contributed by atoms with Crippen LogP contribution in [0.4, 0.5) is 5.82 Å². The van der Waals surface area contributed by atoms with Crippen molar-refractivity contribution in [3.8, 4) is 17.2 Å². The number of hydrogen-bond donors (Lipinski definition) is 2. The second kappa shape index (κ2) is 6.70. The number of rotatable bonds is 1. The summed E-state index contributed by atoms with van der Waals surface area (Å²) in [6, 6.07) is 11.5. The molecule has 0 aliphatic rings. The minimum atomic E-state index is 0.354. The molecule has 1 aromatic carbocycles. The highest BCUT2D eigenvalue weighted by atomic mass is 128. The average molecular weight is 438 g/mol. The predicted molar refractivity (Wildman–Crippen MR) is 81.2 cm³/mol. The Morgan fingerprint density at radius 3 is 2.44 bits per heavy atom. The Balaban J connectivity index is 0.000000606. The summed E-state index contributed by atoms with van der Waals surface area (Å²) in [5, 5.41) is 15.2. The molecule has 2 rings (SSSR count). The lowest BCUT2D eigenvalue weighted by atomic mass is 10.1. The number of anilines is 1. The number of hydrogen-bond acceptors (Lipinski definition) is 3. The standard InChI is InChI=1S/C10H8N4.I2/c11-6-8-9(10(12)14-13-8)7-4-2-1-3-5-7;1-2/h1-5H,(H3,12,13,14);. The van der Waals surface area contributed by atoms with Crippen molar-refractivity contribution in [1.82, 2.24) is 10.2 Å². The van der Waals surface area contributed by atoms with Gasteiger partial charge < -0.3 is 5.73 Å². The molecule has 0 spiro atoms. The first kappa shape index (κ1) is 13.2. The molecule has 0 radical (unpaired) electrons. The van der Waals surface area contributed by atoms with E-state index in [4.69, 9.17) is 11.0 Å².